The number of nitrogens with two attached hydrogens (primary N) is 1. The molecule has 1 fully saturated rings. The minimum absolute atomic E-state index is 0. The van der Waals surface area contributed by atoms with Crippen LogP contribution in [0.5, 0.6) is 0 Å². The zero-order valence-electron chi connectivity index (χ0n) is 27.8. The van der Waals surface area contributed by atoms with Crippen LogP contribution in [0.1, 0.15) is 19.5 Å². The summed E-state index contributed by atoms with van der Waals surface area (Å²) in [7, 11) is 0. The second-order valence-corrected chi connectivity index (χ2v) is 10.5. The molecule has 0 saturated carbocycles. The van der Waals surface area contributed by atoms with E-state index in [9.17, 15) is 20.2 Å². The van der Waals surface area contributed by atoms with Crippen molar-refractivity contribution >= 4 is 53.2 Å². The summed E-state index contributed by atoms with van der Waals surface area (Å²) in [4.78, 5) is 40.4. The molecule has 0 spiro atoms. The van der Waals surface area contributed by atoms with E-state index < -0.39 is 9.85 Å². The number of thioether (sulfide) groups is 2. The predicted molar refractivity (Wildman–Crippen MR) is 176 cm³/mol. The molecule has 0 aliphatic carbocycles. The third-order valence-corrected chi connectivity index (χ3v) is 6.97. The number of nitro groups is 2. The van der Waals surface area contributed by atoms with Crippen LogP contribution in [0.3, 0.4) is 0 Å². The van der Waals surface area contributed by atoms with Gasteiger partial charge in [-0.05, 0) is 42.7 Å². The van der Waals surface area contributed by atoms with Gasteiger partial charge in [0.2, 0.25) is 0 Å². The molecule has 2 aromatic heterocycles. The molecule has 3 rings (SSSR count). The first-order chi connectivity index (χ1) is 21.5. The van der Waals surface area contributed by atoms with Crippen LogP contribution in [0.15, 0.2) is 59.1 Å². The van der Waals surface area contributed by atoms with Crippen LogP contribution >= 0.6 is 46.7 Å². The second kappa shape index (κ2) is 37.3. The predicted octanol–water partition coefficient (Wildman–Crippen LogP) is -3.66. The van der Waals surface area contributed by atoms with Crippen molar-refractivity contribution < 1.29 is 134 Å². The van der Waals surface area contributed by atoms with Crippen molar-refractivity contribution in [1.82, 2.24) is 25.5 Å². The number of pyridine rings is 2. The van der Waals surface area contributed by atoms with Crippen molar-refractivity contribution in [3.63, 3.8) is 0 Å². The summed E-state index contributed by atoms with van der Waals surface area (Å²) in [6, 6.07) is 7.29. The van der Waals surface area contributed by atoms with Crippen molar-refractivity contribution in [2.75, 3.05) is 45.3 Å². The number of rotatable bonds is 11. The van der Waals surface area contributed by atoms with Crippen molar-refractivity contribution in [2.24, 2.45) is 5.73 Å². The van der Waals surface area contributed by atoms with E-state index in [1.54, 1.807) is 31.5 Å². The third-order valence-electron chi connectivity index (χ3n) is 4.51. The van der Waals surface area contributed by atoms with Gasteiger partial charge in [-0.3, -0.25) is 25.0 Å². The maximum absolute atomic E-state index is 10.4. The topological polar surface area (TPSA) is 235 Å². The summed E-state index contributed by atoms with van der Waals surface area (Å²) in [6.07, 6.45) is 9.04. The number of halogens is 2. The van der Waals surface area contributed by atoms with Crippen LogP contribution in [-0.4, -0.2) is 81.6 Å². The molecule has 254 valence electrons. The third kappa shape index (κ3) is 33.0. The Balaban J connectivity index is -0.000000177. The Morgan fingerprint density at radius 3 is 2.00 bits per heavy atom. The van der Waals surface area contributed by atoms with Gasteiger partial charge in [-0.15, -0.1) is 23.5 Å². The summed E-state index contributed by atoms with van der Waals surface area (Å²) in [5.74, 6) is 0.532. The Morgan fingerprint density at radius 1 is 1.13 bits per heavy atom. The number of nitrogens with zero attached hydrogens (tertiary/aromatic N) is 5. The molecule has 47 heavy (non-hydrogen) atoms. The van der Waals surface area contributed by atoms with E-state index in [-0.39, 0.29) is 117 Å². The summed E-state index contributed by atoms with van der Waals surface area (Å²) >= 11 is 14.1. The Kier molecular flexibility index (Phi) is 42.7. The second-order valence-electron chi connectivity index (χ2n) is 7.74. The van der Waals surface area contributed by atoms with Gasteiger partial charge in [0.15, 0.2) is 5.82 Å². The van der Waals surface area contributed by atoms with Gasteiger partial charge >= 0.3 is 103 Å². The number of nitrogens with one attached hydrogen (secondary N) is 2. The van der Waals surface area contributed by atoms with Crippen molar-refractivity contribution in [3.8, 4) is 0 Å². The number of aliphatic hydroxyl groups excluding tert-OH is 1. The maximum Gasteiger partial charge on any atom is 1.00 e. The van der Waals surface area contributed by atoms with Crippen molar-refractivity contribution in [3.05, 3.63) is 101 Å². The van der Waals surface area contributed by atoms with E-state index >= 15 is 0 Å². The normalized spacial score (nSPS) is 11.3. The molecule has 0 bridgehead atoms. The van der Waals surface area contributed by atoms with Gasteiger partial charge in [0, 0.05) is 58.3 Å². The van der Waals surface area contributed by atoms with Crippen LogP contribution in [0.4, 0.5) is 0 Å². The Hall–Kier alpha value is 0.0427. The zero-order valence-corrected chi connectivity index (χ0v) is 36.2. The van der Waals surface area contributed by atoms with Crippen LogP contribution in [0.25, 0.3) is 0 Å². The van der Waals surface area contributed by atoms with Crippen LogP contribution in [-0.2, 0) is 22.8 Å². The van der Waals surface area contributed by atoms with Gasteiger partial charge in [-0.1, -0.05) is 35.3 Å². The summed E-state index contributed by atoms with van der Waals surface area (Å²) in [5.41, 5.74) is 7.40. The number of carbonyl (C=O) groups is 1. The molecule has 2 aromatic rings. The summed E-state index contributed by atoms with van der Waals surface area (Å²) in [6.45, 7) is 6.05. The molecule has 3 heterocycles. The average molecular weight is 792 g/mol. The molecule has 0 radical (unpaired) electrons. The van der Waals surface area contributed by atoms with Crippen LogP contribution < -0.4 is 124 Å². The molecule has 22 heteroatoms. The number of hydrogen-bond acceptors (Lipinski definition) is 16. The molecule has 1 aliphatic heterocycles. The van der Waals surface area contributed by atoms with E-state index in [1.165, 1.54) is 23.5 Å². The molecule has 0 aromatic carbocycles. The monoisotopic (exact) mass is 790 g/mol. The fraction of sp³-hybridized carbons (Fsp3) is 0.400. The van der Waals surface area contributed by atoms with Gasteiger partial charge in [0.05, 0.1) is 9.85 Å². The first kappa shape index (κ1) is 53.8. The Morgan fingerprint density at radius 2 is 1.64 bits per heavy atom. The van der Waals surface area contributed by atoms with E-state index in [4.69, 9.17) is 44.1 Å². The van der Waals surface area contributed by atoms with E-state index in [0.717, 1.165) is 47.4 Å². The Bertz CT molecular complexity index is 1160. The van der Waals surface area contributed by atoms with Gasteiger partial charge < -0.3 is 37.9 Å². The largest absolute Gasteiger partial charge is 1.00 e. The number of carbonyl (C=O) groups excluding carboxylic acids is 1. The maximum atomic E-state index is 10.4. The minimum atomic E-state index is -0.458. The first-order valence-electron chi connectivity index (χ1n) is 12.7. The van der Waals surface area contributed by atoms with Gasteiger partial charge in [-0.2, -0.15) is 0 Å². The first-order valence-corrected chi connectivity index (χ1v) is 15.9. The van der Waals surface area contributed by atoms with Crippen molar-refractivity contribution in [2.45, 2.75) is 20.0 Å². The van der Waals surface area contributed by atoms with Gasteiger partial charge in [0.1, 0.15) is 14.5 Å². The number of aliphatic hydroxyl groups is 1. The fourth-order valence-corrected chi connectivity index (χ4v) is 4.06. The van der Waals surface area contributed by atoms with E-state index in [2.05, 4.69) is 25.5 Å². The summed E-state index contributed by atoms with van der Waals surface area (Å²) < 4.78 is 0.722. The fourth-order valence-electron chi connectivity index (χ4n) is 2.78. The molecule has 1 saturated heterocycles. The van der Waals surface area contributed by atoms with Gasteiger partial charge in [-0.25, -0.2) is 9.97 Å². The molecule has 0 atom stereocenters. The average Bonchev–Trinajstić information content (AvgIpc) is 3.44. The number of hydrogen-bond donors (Lipinski definition) is 4. The molecule has 0 unspecified atom stereocenters. The van der Waals surface area contributed by atoms with E-state index in [0.29, 0.717) is 35.8 Å². The van der Waals surface area contributed by atoms with Gasteiger partial charge in [0.25, 0.3) is 18.9 Å². The minimum Gasteiger partial charge on any atom is -1.00 e. The quantitative estimate of drug-likeness (QED) is 0.0327. The SMILES string of the molecule is CCO.CSC(=C[N+](=O)[O-])SC.NCCNCc1ccc(Cl)nc1.O=CO[O-].O=[N+]([O-])/C=C1/NCCN1Cc1ccc(Cl)nc1.[H-].[K+].[K+]. The molecular formula is C25H38Cl2K2N8O8S2. The summed E-state index contributed by atoms with van der Waals surface area (Å²) in [5, 5.41) is 43.4. The smallest absolute Gasteiger partial charge is 1.00 e. The number of aromatic nitrogens is 2. The zero-order chi connectivity index (χ0) is 34.5. The Labute approximate surface area is 379 Å². The molecule has 16 nitrogen and oxygen atoms in total. The standard InChI is InChI=1S/C10H11ClN4O2.C8H12ClN3.C4H7NO2S2.C2H6O.CH2O3.2K.H/c11-9-2-1-8(5-13-9)6-14-4-3-12-10(14)7-15(16)17;9-8-2-1-7(6-12-8)5-11-4-3-10;1-8-4(9-2)3-5(6)7;1-2-3;2-1-4-3;;;/h1-2,5,7,12H,3-4,6H2;1-2,6,11H,3-5,10H2;3H,1-2H3;3H,2H2,1H3;1,3H;;;/q;;;;;2*+1;-1/p-1/b10-7-;;;;;;;. The molecule has 0 amide bonds. The van der Waals surface area contributed by atoms with Crippen LogP contribution in [0, 0.1) is 20.2 Å². The molecule has 5 N–H and O–H groups in total. The van der Waals surface area contributed by atoms with Crippen LogP contribution in [0.2, 0.25) is 10.3 Å². The molecule has 1 aliphatic rings. The molecular weight excluding hydrogens is 754 g/mol. The van der Waals surface area contributed by atoms with E-state index in [1.807, 2.05) is 29.5 Å². The van der Waals surface area contributed by atoms with Crippen molar-refractivity contribution in [1.29, 1.82) is 0 Å².